The monoisotopic (exact) mass is 610 g/mol. The molecule has 2 bridgehead atoms. The smallest absolute Gasteiger partial charge is 0.338 e. The molecule has 2 aliphatic heterocycles. The van der Waals surface area contributed by atoms with Gasteiger partial charge >= 0.3 is 11.9 Å². The number of carboxylic acids is 2. The van der Waals surface area contributed by atoms with Crippen LogP contribution in [0.2, 0.25) is 0 Å². The Morgan fingerprint density at radius 3 is 2.00 bits per heavy atom. The lowest BCUT2D eigenvalue weighted by Gasteiger charge is -2.34. The minimum absolute atomic E-state index is 0.0274. The molecule has 240 valence electrons. The van der Waals surface area contributed by atoms with Crippen molar-refractivity contribution < 1.29 is 44.5 Å². The van der Waals surface area contributed by atoms with Crippen LogP contribution in [0.15, 0.2) is 108 Å². The highest BCUT2D eigenvalue weighted by Crippen LogP contribution is 2.34. The first-order valence-electron chi connectivity index (χ1n) is 15.0. The molecule has 4 N–H and O–H groups in total. The molecule has 1 fully saturated rings. The van der Waals surface area contributed by atoms with Gasteiger partial charge in [-0.2, -0.15) is 0 Å². The highest BCUT2D eigenvalue weighted by Gasteiger charge is 2.50. The first-order valence-corrected chi connectivity index (χ1v) is 15.0. The Morgan fingerprint density at radius 1 is 0.864 bits per heavy atom. The van der Waals surface area contributed by atoms with Crippen LogP contribution in [-0.4, -0.2) is 62.9 Å². The van der Waals surface area contributed by atoms with Gasteiger partial charge < -0.3 is 25.2 Å². The molecule has 0 aromatic rings. The number of aliphatic carboxylic acids is 2. The second-order valence-corrected chi connectivity index (χ2v) is 11.0. The Morgan fingerprint density at radius 2 is 1.45 bits per heavy atom. The number of rotatable bonds is 15. The van der Waals surface area contributed by atoms with Crippen molar-refractivity contribution in [2.24, 2.45) is 11.8 Å². The van der Waals surface area contributed by atoms with E-state index in [9.17, 15) is 30.0 Å². The van der Waals surface area contributed by atoms with Gasteiger partial charge in [0.1, 0.15) is 29.6 Å². The molecule has 1 saturated heterocycles. The molecule has 7 unspecified atom stereocenters. The van der Waals surface area contributed by atoms with Gasteiger partial charge in [-0.25, -0.2) is 19.4 Å². The van der Waals surface area contributed by atoms with Gasteiger partial charge in [0.25, 0.3) is 0 Å². The number of hydrogen-bond acceptors (Lipinski definition) is 7. The van der Waals surface area contributed by atoms with E-state index in [2.05, 4.69) is 13.8 Å². The molecule has 9 heteroatoms. The van der Waals surface area contributed by atoms with Crippen LogP contribution in [0, 0.1) is 11.8 Å². The van der Waals surface area contributed by atoms with Crippen molar-refractivity contribution in [2.75, 3.05) is 0 Å². The number of fused-ring (bicyclic) bond motifs is 2. The molecular weight excluding hydrogens is 564 g/mol. The zero-order valence-corrected chi connectivity index (χ0v) is 26.1. The van der Waals surface area contributed by atoms with E-state index in [1.807, 2.05) is 62.5 Å². The van der Waals surface area contributed by atoms with Crippen molar-refractivity contribution >= 4 is 11.9 Å². The number of ether oxygens (including phenoxy) is 1. The third-order valence-electron chi connectivity index (χ3n) is 7.26. The van der Waals surface area contributed by atoms with Gasteiger partial charge in [-0.1, -0.05) is 113 Å². The molecule has 2 aliphatic rings. The summed E-state index contributed by atoms with van der Waals surface area (Å²) in [5.41, 5.74) is 0.843. The second kappa shape index (κ2) is 18.8. The van der Waals surface area contributed by atoms with Gasteiger partial charge in [-0.3, -0.25) is 0 Å². The van der Waals surface area contributed by atoms with Crippen molar-refractivity contribution in [3.63, 3.8) is 0 Å². The van der Waals surface area contributed by atoms with Crippen LogP contribution in [-0.2, 0) is 24.1 Å². The average molecular weight is 611 g/mol. The van der Waals surface area contributed by atoms with Crippen molar-refractivity contribution in [3.05, 3.63) is 108 Å². The van der Waals surface area contributed by atoms with Gasteiger partial charge in [0, 0.05) is 0 Å². The molecule has 0 saturated carbocycles. The van der Waals surface area contributed by atoms with Crippen molar-refractivity contribution in [1.82, 2.24) is 0 Å². The van der Waals surface area contributed by atoms with Crippen molar-refractivity contribution in [2.45, 2.75) is 84.4 Å². The minimum atomic E-state index is -1.40. The van der Waals surface area contributed by atoms with E-state index in [0.29, 0.717) is 17.9 Å². The molecule has 0 aromatic carbocycles. The summed E-state index contributed by atoms with van der Waals surface area (Å²) < 4.78 is 5.68. The van der Waals surface area contributed by atoms with Gasteiger partial charge in [-0.15, -0.1) is 0 Å². The molecule has 0 amide bonds. The minimum Gasteiger partial charge on any atom is -0.484 e. The molecule has 0 radical (unpaired) electrons. The fourth-order valence-corrected chi connectivity index (χ4v) is 4.72. The number of aliphatic hydroxyl groups is 2. The maximum atomic E-state index is 11.9. The van der Waals surface area contributed by atoms with Gasteiger partial charge in [0.05, 0.1) is 5.57 Å². The lowest BCUT2D eigenvalue weighted by atomic mass is 9.91. The lowest BCUT2D eigenvalue weighted by molar-refractivity contribution is -0.352. The van der Waals surface area contributed by atoms with Gasteiger partial charge in [0.15, 0.2) is 12.2 Å². The summed E-state index contributed by atoms with van der Waals surface area (Å²) >= 11 is 0. The fourth-order valence-electron chi connectivity index (χ4n) is 4.72. The number of carbonyl (C=O) groups is 2. The first-order chi connectivity index (χ1) is 21.0. The van der Waals surface area contributed by atoms with Crippen LogP contribution in [0.4, 0.5) is 0 Å². The highest BCUT2D eigenvalue weighted by molar-refractivity contribution is 5.90. The number of carboxylic acid groups (broad SMARTS) is 2. The Balaban J connectivity index is 1.93. The Labute approximate surface area is 260 Å². The third-order valence-corrected chi connectivity index (χ3v) is 7.26. The maximum Gasteiger partial charge on any atom is 0.338 e. The Kier molecular flexibility index (Phi) is 15.6. The highest BCUT2D eigenvalue weighted by atomic mass is 17.2. The lowest BCUT2D eigenvalue weighted by Crippen LogP contribution is -2.51. The zero-order valence-electron chi connectivity index (χ0n) is 26.1. The summed E-state index contributed by atoms with van der Waals surface area (Å²) in [5.74, 6) is -1.54. The number of allylic oxidation sites excluding steroid dienone is 14. The van der Waals surface area contributed by atoms with E-state index in [1.165, 1.54) is 6.08 Å². The molecule has 0 aliphatic carbocycles. The Bertz CT molecular complexity index is 1240. The van der Waals surface area contributed by atoms with E-state index < -0.39 is 42.5 Å². The summed E-state index contributed by atoms with van der Waals surface area (Å²) in [6, 6.07) is 0. The standard InChI is InChI=1S/C35H46O9/c1-6-23(3)20-25(5)22-26(34(38)39)21-24(4)18-16-14-12-10-8-9-11-13-15-17-19-28-29(35(40)41)32-31(37)33(42-28)30(36)27(7-2)43-44-32/h8-19,21-23,25,27,30-33,36-37H,6-7,20H2,1-5H3,(H,38,39)(H,40,41)/b10-8+,11-9+,14-12+,15-13+,18-16+,19-17+,24-21+,26-22-. The van der Waals surface area contributed by atoms with E-state index >= 15 is 0 Å². The molecule has 2 rings (SSSR count). The second-order valence-electron chi connectivity index (χ2n) is 11.0. The van der Waals surface area contributed by atoms with Crippen LogP contribution in [0.1, 0.15) is 53.9 Å². The van der Waals surface area contributed by atoms with Crippen LogP contribution < -0.4 is 0 Å². The zero-order chi connectivity index (χ0) is 32.6. The SMILES string of the molecule is CCC(C)CC(C)/C=C(/C=C(C)/C=C/C=C/C=C/C=C/C=C/C=C/C1=C(C(=O)O)C2OOC(CC)C(O)C(O1)C2O)C(=O)O. The van der Waals surface area contributed by atoms with Crippen LogP contribution in [0.25, 0.3) is 0 Å². The van der Waals surface area contributed by atoms with Crippen LogP contribution in [0.5, 0.6) is 0 Å². The maximum absolute atomic E-state index is 11.9. The molecule has 2 heterocycles. The predicted molar refractivity (Wildman–Crippen MR) is 169 cm³/mol. The molecule has 9 nitrogen and oxygen atoms in total. The van der Waals surface area contributed by atoms with Crippen LogP contribution in [0.3, 0.4) is 0 Å². The van der Waals surface area contributed by atoms with Crippen molar-refractivity contribution in [1.29, 1.82) is 0 Å². The number of hydrogen-bond donors (Lipinski definition) is 4. The fraction of sp³-hybridized carbons (Fsp3) is 0.429. The van der Waals surface area contributed by atoms with E-state index in [4.69, 9.17) is 14.5 Å². The van der Waals surface area contributed by atoms with Crippen molar-refractivity contribution in [3.8, 4) is 0 Å². The summed E-state index contributed by atoms with van der Waals surface area (Å²) in [6.45, 7) is 9.98. The predicted octanol–water partition coefficient (Wildman–Crippen LogP) is 5.92. The summed E-state index contributed by atoms with van der Waals surface area (Å²) in [7, 11) is 0. The Hall–Kier alpha value is -3.76. The normalized spacial score (nSPS) is 26.8. The molecule has 0 aromatic heterocycles. The quantitative estimate of drug-likeness (QED) is 0.101. The topological polar surface area (TPSA) is 143 Å². The molecular formula is C35H46O9. The number of aliphatic hydroxyl groups excluding tert-OH is 2. The molecule has 7 atom stereocenters. The average Bonchev–Trinajstić information content (AvgIpc) is 3.04. The molecule has 0 spiro atoms. The van der Waals surface area contributed by atoms with Crippen LogP contribution >= 0.6 is 0 Å². The summed E-state index contributed by atoms with van der Waals surface area (Å²) in [4.78, 5) is 33.9. The first kappa shape index (κ1) is 36.4. The third kappa shape index (κ3) is 11.4. The summed E-state index contributed by atoms with van der Waals surface area (Å²) in [5, 5.41) is 40.3. The largest absolute Gasteiger partial charge is 0.484 e. The van der Waals surface area contributed by atoms with Gasteiger partial charge in [-0.05, 0) is 43.8 Å². The van der Waals surface area contributed by atoms with Gasteiger partial charge in [0.2, 0.25) is 0 Å². The summed E-state index contributed by atoms with van der Waals surface area (Å²) in [6.07, 6.45) is 21.2. The van der Waals surface area contributed by atoms with E-state index in [0.717, 1.165) is 18.4 Å². The van der Waals surface area contributed by atoms with E-state index in [-0.39, 0.29) is 17.3 Å². The molecule has 44 heavy (non-hydrogen) atoms. The van der Waals surface area contributed by atoms with E-state index in [1.54, 1.807) is 37.3 Å².